The maximum absolute atomic E-state index is 11.7. The Hall–Kier alpha value is -3.22. The zero-order chi connectivity index (χ0) is 19.2. The molecule has 26 heavy (non-hydrogen) atoms. The van der Waals surface area contributed by atoms with Crippen LogP contribution in [0.1, 0.15) is 37.3 Å². The van der Waals surface area contributed by atoms with Gasteiger partial charge in [0.15, 0.2) is 0 Å². The lowest BCUT2D eigenvalue weighted by Gasteiger charge is -2.27. The first-order chi connectivity index (χ1) is 12.3. The molecule has 0 spiro atoms. The largest absolute Gasteiger partial charge is 0.350 e. The van der Waals surface area contributed by atoms with Crippen molar-refractivity contribution in [3.8, 4) is 0 Å². The summed E-state index contributed by atoms with van der Waals surface area (Å²) in [6.45, 7) is 3.18. The number of benzene rings is 2. The first kappa shape index (κ1) is 19.1. The molecule has 0 aliphatic rings. The molecule has 0 saturated heterocycles. The molecule has 3 N–H and O–H groups in total. The highest BCUT2D eigenvalue weighted by Crippen LogP contribution is 2.34. The average molecular weight is 354 g/mol. The number of carbonyl (C=O) groups is 1. The predicted molar refractivity (Wildman–Crippen MR) is 101 cm³/mol. The molecule has 0 radical (unpaired) electrons. The lowest BCUT2D eigenvalue weighted by atomic mass is 9.78. The molecule has 0 saturated carbocycles. The molecule has 1 unspecified atom stereocenters. The van der Waals surface area contributed by atoms with Crippen molar-refractivity contribution in [2.24, 2.45) is 10.8 Å². The smallest absolute Gasteiger partial charge is 0.332 e. The number of rotatable bonds is 7. The summed E-state index contributed by atoms with van der Waals surface area (Å²) < 4.78 is 0. The first-order valence-electron chi connectivity index (χ1n) is 8.19. The second-order valence-electron chi connectivity index (χ2n) is 6.48. The van der Waals surface area contributed by atoms with Crippen LogP contribution < -0.4 is 11.2 Å². The van der Waals surface area contributed by atoms with Gasteiger partial charge in [-0.05, 0) is 11.1 Å². The number of nitrogens with one attached hydrogen (secondary N) is 1. The van der Waals surface area contributed by atoms with Crippen LogP contribution in [0.4, 0.5) is 4.79 Å². The number of hydrogen-bond donors (Lipinski definition) is 2. The molecule has 2 amide bonds. The molecule has 0 aromatic heterocycles. The average Bonchev–Trinajstić information content (AvgIpc) is 2.62. The number of urea groups is 1. The molecule has 0 fully saturated rings. The predicted octanol–water partition coefficient (Wildman–Crippen LogP) is 3.29. The van der Waals surface area contributed by atoms with Gasteiger partial charge in [-0.2, -0.15) is 5.10 Å². The topological polar surface area (TPSA) is 111 Å². The molecule has 7 nitrogen and oxygen atoms in total. The second-order valence-corrected chi connectivity index (χ2v) is 6.48. The molecular weight excluding hydrogens is 332 g/mol. The minimum absolute atomic E-state index is 0.266. The first-order valence-corrected chi connectivity index (χ1v) is 8.19. The number of hydrazone groups is 1. The maximum Gasteiger partial charge on any atom is 0.332 e. The maximum atomic E-state index is 11.7. The van der Waals surface area contributed by atoms with E-state index in [0.717, 1.165) is 11.1 Å². The van der Waals surface area contributed by atoms with Crippen molar-refractivity contribution >= 4 is 11.7 Å². The van der Waals surface area contributed by atoms with E-state index in [1.165, 1.54) is 0 Å². The van der Waals surface area contributed by atoms with Crippen LogP contribution in [0, 0.1) is 10.1 Å². The van der Waals surface area contributed by atoms with Gasteiger partial charge in [0.05, 0.1) is 11.6 Å². The van der Waals surface area contributed by atoms with Gasteiger partial charge in [0.25, 0.3) is 0 Å². The molecule has 0 aliphatic heterocycles. The Kier molecular flexibility index (Phi) is 6.06. The molecule has 0 aliphatic carbocycles. The Morgan fingerprint density at radius 2 is 1.69 bits per heavy atom. The van der Waals surface area contributed by atoms with Gasteiger partial charge < -0.3 is 5.73 Å². The zero-order valence-electron chi connectivity index (χ0n) is 14.8. The van der Waals surface area contributed by atoms with Gasteiger partial charge in [-0.3, -0.25) is 10.1 Å². The van der Waals surface area contributed by atoms with Crippen LogP contribution in [0.2, 0.25) is 0 Å². The molecule has 2 rings (SSSR count). The van der Waals surface area contributed by atoms with E-state index >= 15 is 0 Å². The number of nitrogens with zero attached hydrogens (tertiary/aromatic N) is 2. The van der Waals surface area contributed by atoms with Crippen LogP contribution in [-0.4, -0.2) is 22.2 Å². The summed E-state index contributed by atoms with van der Waals surface area (Å²) in [6.07, 6.45) is 0.266. The molecule has 0 heterocycles. The summed E-state index contributed by atoms with van der Waals surface area (Å²) in [6, 6.07) is 17.7. The van der Waals surface area contributed by atoms with Crippen molar-refractivity contribution in [1.82, 2.24) is 5.43 Å². The van der Waals surface area contributed by atoms with Crippen LogP contribution in [0.3, 0.4) is 0 Å². The van der Waals surface area contributed by atoms with Crippen molar-refractivity contribution in [2.45, 2.75) is 31.7 Å². The second kappa shape index (κ2) is 8.24. The molecule has 7 heteroatoms. The molecule has 1 atom stereocenters. The van der Waals surface area contributed by atoms with Crippen molar-refractivity contribution in [1.29, 1.82) is 0 Å². The number of carbonyl (C=O) groups excluding carboxylic acids is 1. The van der Waals surface area contributed by atoms with E-state index in [0.29, 0.717) is 5.71 Å². The van der Waals surface area contributed by atoms with Crippen molar-refractivity contribution in [3.05, 3.63) is 81.9 Å². The van der Waals surface area contributed by atoms with Gasteiger partial charge in [0, 0.05) is 25.2 Å². The zero-order valence-corrected chi connectivity index (χ0v) is 14.8. The third-order valence-corrected chi connectivity index (χ3v) is 4.33. The number of amides is 2. The summed E-state index contributed by atoms with van der Waals surface area (Å²) in [5.74, 6) is -0.452. The third kappa shape index (κ3) is 4.66. The van der Waals surface area contributed by atoms with Gasteiger partial charge in [-0.15, -0.1) is 0 Å². The van der Waals surface area contributed by atoms with Crippen LogP contribution >= 0.6 is 0 Å². The summed E-state index contributed by atoms with van der Waals surface area (Å²) in [4.78, 5) is 22.5. The summed E-state index contributed by atoms with van der Waals surface area (Å²) in [7, 11) is 0. The Morgan fingerprint density at radius 1 is 1.15 bits per heavy atom. The van der Waals surface area contributed by atoms with Crippen LogP contribution in [-0.2, 0) is 0 Å². The van der Waals surface area contributed by atoms with E-state index in [2.05, 4.69) is 10.5 Å². The van der Waals surface area contributed by atoms with Gasteiger partial charge >= 0.3 is 6.03 Å². The summed E-state index contributed by atoms with van der Waals surface area (Å²) >= 11 is 0. The highest BCUT2D eigenvalue weighted by Gasteiger charge is 2.42. The minimum atomic E-state index is -1.23. The van der Waals surface area contributed by atoms with Crippen molar-refractivity contribution in [3.63, 3.8) is 0 Å². The van der Waals surface area contributed by atoms with Gasteiger partial charge in [0.1, 0.15) is 0 Å². The number of nitrogens with two attached hydrogens (primary N) is 1. The standard InChI is InChI=1S/C19H22N4O3/c1-19(2,23(25)26)16(14-9-5-3-6-10-14)13-17(21-22-18(20)24)15-11-7-4-8-12-15/h3-12,16H,13H2,1-2H3,(H3,20,22,24)/b21-17+. The fraction of sp³-hybridized carbons (Fsp3) is 0.263. The van der Waals surface area contributed by atoms with Crippen LogP contribution in [0.25, 0.3) is 0 Å². The molecule has 136 valence electrons. The van der Waals surface area contributed by atoms with Crippen molar-refractivity contribution in [2.75, 3.05) is 0 Å². The fourth-order valence-electron chi connectivity index (χ4n) is 2.76. The van der Waals surface area contributed by atoms with Crippen molar-refractivity contribution < 1.29 is 9.72 Å². The third-order valence-electron chi connectivity index (χ3n) is 4.33. The van der Waals surface area contributed by atoms with E-state index in [4.69, 9.17) is 5.73 Å². The van der Waals surface area contributed by atoms with Gasteiger partial charge in [0.2, 0.25) is 5.54 Å². The lowest BCUT2D eigenvalue weighted by molar-refractivity contribution is -0.565. The number of primary amides is 1. The molecular formula is C19H22N4O3. The molecule has 0 bridgehead atoms. The highest BCUT2D eigenvalue weighted by molar-refractivity contribution is 6.01. The van der Waals surface area contributed by atoms with E-state index in [9.17, 15) is 14.9 Å². The quantitative estimate of drug-likeness (QED) is 0.452. The SMILES string of the molecule is CC(C)(C(C/C(=N\NC(N)=O)c1ccccc1)c1ccccc1)[N+](=O)[O-]. The van der Waals surface area contributed by atoms with E-state index in [1.54, 1.807) is 13.8 Å². The Labute approximate surface area is 152 Å². The van der Waals surface area contributed by atoms with E-state index in [-0.39, 0.29) is 11.3 Å². The Morgan fingerprint density at radius 3 is 2.19 bits per heavy atom. The Bertz CT molecular complexity index is 789. The Balaban J connectivity index is 2.47. The lowest BCUT2D eigenvalue weighted by Crippen LogP contribution is -2.39. The number of nitro groups is 1. The van der Waals surface area contributed by atoms with Gasteiger partial charge in [-0.25, -0.2) is 10.2 Å². The summed E-state index contributed by atoms with van der Waals surface area (Å²) in [5.41, 5.74) is 8.25. The normalized spacial score (nSPS) is 13.1. The fourth-order valence-corrected chi connectivity index (χ4v) is 2.76. The van der Waals surface area contributed by atoms with E-state index in [1.807, 2.05) is 60.7 Å². The van der Waals surface area contributed by atoms with Crippen LogP contribution in [0.5, 0.6) is 0 Å². The van der Waals surface area contributed by atoms with E-state index < -0.39 is 17.5 Å². The highest BCUT2D eigenvalue weighted by atomic mass is 16.6. The molecule has 2 aromatic rings. The van der Waals surface area contributed by atoms with Gasteiger partial charge in [-0.1, -0.05) is 60.7 Å². The summed E-state index contributed by atoms with van der Waals surface area (Å²) in [5, 5.41) is 15.8. The number of hydrogen-bond acceptors (Lipinski definition) is 4. The molecule has 2 aromatic carbocycles. The monoisotopic (exact) mass is 354 g/mol. The van der Waals surface area contributed by atoms with Crippen LogP contribution in [0.15, 0.2) is 65.8 Å². The minimum Gasteiger partial charge on any atom is -0.350 e.